The number of hydrogen-bond donors (Lipinski definition) is 3. The van der Waals surface area contributed by atoms with Crippen LogP contribution in [0.5, 0.6) is 11.5 Å². The quantitative estimate of drug-likeness (QED) is 0.534. The Balaban J connectivity index is 1.70. The first-order valence-electron chi connectivity index (χ1n) is 9.28. The molecule has 0 spiro atoms. The maximum absolute atomic E-state index is 5.88. The van der Waals surface area contributed by atoms with Crippen LogP contribution in [0.1, 0.15) is 29.9 Å². The number of benzene rings is 2. The molecule has 0 radical (unpaired) electrons. The molecule has 3 rings (SSSR count). The van der Waals surface area contributed by atoms with E-state index in [1.807, 2.05) is 49.4 Å². The number of nitrogen functional groups attached to an aromatic ring is 1. The lowest BCUT2D eigenvalue weighted by molar-refractivity contribution is 0.354. The summed E-state index contributed by atoms with van der Waals surface area (Å²) in [5.74, 6) is 2.53. The number of nitrogens with zero attached hydrogens (tertiary/aromatic N) is 3. The third kappa shape index (κ3) is 5.11. The largest absolute Gasteiger partial charge is 0.493 e. The minimum atomic E-state index is 0.0422. The highest BCUT2D eigenvalue weighted by Gasteiger charge is 2.12. The molecule has 2 aromatic carbocycles. The van der Waals surface area contributed by atoms with Crippen molar-refractivity contribution in [2.24, 2.45) is 0 Å². The van der Waals surface area contributed by atoms with Gasteiger partial charge < -0.3 is 25.8 Å². The number of rotatable bonds is 8. The van der Waals surface area contributed by atoms with Gasteiger partial charge in [-0.3, -0.25) is 0 Å². The number of anilines is 3. The molecule has 0 aliphatic carbocycles. The van der Waals surface area contributed by atoms with E-state index in [0.29, 0.717) is 29.8 Å². The van der Waals surface area contributed by atoms with Gasteiger partial charge in [0.05, 0.1) is 20.8 Å². The summed E-state index contributed by atoms with van der Waals surface area (Å²) in [6.07, 6.45) is 0. The zero-order valence-corrected chi connectivity index (χ0v) is 17.1. The zero-order valence-electron chi connectivity index (χ0n) is 17.1. The third-order valence-electron chi connectivity index (χ3n) is 4.56. The summed E-state index contributed by atoms with van der Waals surface area (Å²) in [6, 6.07) is 13.8. The van der Waals surface area contributed by atoms with E-state index in [2.05, 4.69) is 32.5 Å². The normalized spacial score (nSPS) is 11.7. The average molecular weight is 394 g/mol. The van der Waals surface area contributed by atoms with Crippen molar-refractivity contribution < 1.29 is 9.47 Å². The first-order valence-corrected chi connectivity index (χ1v) is 9.28. The summed E-state index contributed by atoms with van der Waals surface area (Å²) in [7, 11) is 3.24. The topological polar surface area (TPSA) is 107 Å². The minimum absolute atomic E-state index is 0.0422. The van der Waals surface area contributed by atoms with E-state index < -0.39 is 0 Å². The number of aryl methyl sites for hydroxylation is 1. The summed E-state index contributed by atoms with van der Waals surface area (Å²) in [4.78, 5) is 12.9. The van der Waals surface area contributed by atoms with Crippen molar-refractivity contribution in [3.8, 4) is 11.5 Å². The zero-order chi connectivity index (χ0) is 20.8. The van der Waals surface area contributed by atoms with Gasteiger partial charge in [-0.25, -0.2) is 0 Å². The molecular formula is C21H26N6O2. The van der Waals surface area contributed by atoms with Crippen molar-refractivity contribution in [2.45, 2.75) is 26.4 Å². The van der Waals surface area contributed by atoms with Gasteiger partial charge in [-0.05, 0) is 43.2 Å². The van der Waals surface area contributed by atoms with Crippen LogP contribution in [0.4, 0.5) is 17.6 Å². The van der Waals surface area contributed by atoms with E-state index in [0.717, 1.165) is 16.8 Å². The van der Waals surface area contributed by atoms with E-state index in [1.54, 1.807) is 14.2 Å². The number of hydrogen-bond acceptors (Lipinski definition) is 8. The fraction of sp³-hybridized carbons (Fsp3) is 0.286. The second-order valence-corrected chi connectivity index (χ2v) is 6.59. The first-order chi connectivity index (χ1) is 14.0. The van der Waals surface area contributed by atoms with E-state index in [1.165, 1.54) is 0 Å². The lowest BCUT2D eigenvalue weighted by Gasteiger charge is -2.16. The molecule has 0 aliphatic heterocycles. The first kappa shape index (κ1) is 20.3. The molecule has 29 heavy (non-hydrogen) atoms. The smallest absolute Gasteiger partial charge is 0.232 e. The Labute approximate surface area is 170 Å². The highest BCUT2D eigenvalue weighted by Crippen LogP contribution is 2.30. The molecule has 0 saturated carbocycles. The summed E-state index contributed by atoms with van der Waals surface area (Å²) in [5, 5.41) is 6.60. The van der Waals surface area contributed by atoms with Crippen molar-refractivity contribution in [3.05, 3.63) is 59.4 Å². The molecule has 4 N–H and O–H groups in total. The Morgan fingerprint density at radius 2 is 1.76 bits per heavy atom. The van der Waals surface area contributed by atoms with Crippen molar-refractivity contribution in [3.63, 3.8) is 0 Å². The predicted molar refractivity (Wildman–Crippen MR) is 114 cm³/mol. The van der Waals surface area contributed by atoms with E-state index in [4.69, 9.17) is 15.2 Å². The summed E-state index contributed by atoms with van der Waals surface area (Å²) >= 11 is 0. The maximum atomic E-state index is 5.88. The second-order valence-electron chi connectivity index (χ2n) is 6.59. The summed E-state index contributed by atoms with van der Waals surface area (Å²) < 4.78 is 10.7. The SMILES string of the molecule is COc1ccc(C(C)NCc2nc(N)nc(Nc3ccccc3C)n2)cc1OC. The van der Waals surface area contributed by atoms with Gasteiger partial charge in [-0.2, -0.15) is 15.0 Å². The molecule has 152 valence electrons. The van der Waals surface area contributed by atoms with Crippen LogP contribution in [0.25, 0.3) is 0 Å². The van der Waals surface area contributed by atoms with Crippen molar-refractivity contribution in [1.82, 2.24) is 20.3 Å². The monoisotopic (exact) mass is 394 g/mol. The highest BCUT2D eigenvalue weighted by atomic mass is 16.5. The summed E-state index contributed by atoms with van der Waals surface area (Å²) in [5.41, 5.74) is 8.95. The molecule has 0 bridgehead atoms. The van der Waals surface area contributed by atoms with Crippen LogP contribution in [-0.4, -0.2) is 29.2 Å². The molecule has 1 heterocycles. The minimum Gasteiger partial charge on any atom is -0.493 e. The molecule has 0 amide bonds. The van der Waals surface area contributed by atoms with Gasteiger partial charge in [0.1, 0.15) is 5.82 Å². The number of para-hydroxylation sites is 1. The van der Waals surface area contributed by atoms with Crippen LogP contribution in [-0.2, 0) is 6.54 Å². The Kier molecular flexibility index (Phi) is 6.46. The number of nitrogens with two attached hydrogens (primary N) is 1. The van der Waals surface area contributed by atoms with Gasteiger partial charge >= 0.3 is 0 Å². The van der Waals surface area contributed by atoms with Crippen molar-refractivity contribution >= 4 is 17.6 Å². The molecule has 8 heteroatoms. The summed E-state index contributed by atoms with van der Waals surface area (Å²) in [6.45, 7) is 4.50. The van der Waals surface area contributed by atoms with E-state index in [-0.39, 0.29) is 12.0 Å². The molecular weight excluding hydrogens is 368 g/mol. The van der Waals surface area contributed by atoms with E-state index in [9.17, 15) is 0 Å². The average Bonchev–Trinajstić information content (AvgIpc) is 2.72. The van der Waals surface area contributed by atoms with Crippen molar-refractivity contribution in [2.75, 3.05) is 25.3 Å². The van der Waals surface area contributed by atoms with Gasteiger partial charge in [-0.1, -0.05) is 24.3 Å². The predicted octanol–water partition coefficient (Wildman–Crippen LogP) is 3.37. The maximum Gasteiger partial charge on any atom is 0.232 e. The molecule has 3 aromatic rings. The standard InChI is InChI=1S/C21H26N6O2/c1-13-7-5-6-8-16(13)24-21-26-19(25-20(22)27-21)12-23-14(2)15-9-10-17(28-3)18(11-15)29-4/h5-11,14,23H,12H2,1-4H3,(H3,22,24,25,26,27). The number of methoxy groups -OCH3 is 2. The Bertz CT molecular complexity index is 979. The molecule has 8 nitrogen and oxygen atoms in total. The van der Waals surface area contributed by atoms with Crippen LogP contribution >= 0.6 is 0 Å². The Hall–Kier alpha value is -3.39. The van der Waals surface area contributed by atoms with E-state index >= 15 is 0 Å². The third-order valence-corrected chi connectivity index (χ3v) is 4.56. The molecule has 0 fully saturated rings. The van der Waals surface area contributed by atoms with Crippen LogP contribution < -0.4 is 25.8 Å². The molecule has 1 aromatic heterocycles. The second kappa shape index (κ2) is 9.20. The highest BCUT2D eigenvalue weighted by molar-refractivity contribution is 5.58. The molecule has 0 aliphatic rings. The van der Waals surface area contributed by atoms with Gasteiger partial charge in [-0.15, -0.1) is 0 Å². The van der Waals surface area contributed by atoms with Crippen LogP contribution in [0.15, 0.2) is 42.5 Å². The van der Waals surface area contributed by atoms with Crippen molar-refractivity contribution in [1.29, 1.82) is 0 Å². The number of ether oxygens (including phenoxy) is 2. The fourth-order valence-electron chi connectivity index (χ4n) is 2.89. The lowest BCUT2D eigenvalue weighted by Crippen LogP contribution is -2.20. The molecule has 1 atom stereocenters. The number of aromatic nitrogens is 3. The van der Waals surface area contributed by atoms with Crippen LogP contribution in [0.3, 0.4) is 0 Å². The van der Waals surface area contributed by atoms with Gasteiger partial charge in [0.2, 0.25) is 11.9 Å². The number of nitrogens with one attached hydrogen (secondary N) is 2. The lowest BCUT2D eigenvalue weighted by atomic mass is 10.1. The Morgan fingerprint density at radius 3 is 2.48 bits per heavy atom. The molecule has 0 saturated heterocycles. The Morgan fingerprint density at radius 1 is 1.00 bits per heavy atom. The fourth-order valence-corrected chi connectivity index (χ4v) is 2.89. The van der Waals surface area contributed by atoms with Gasteiger partial charge in [0.25, 0.3) is 0 Å². The van der Waals surface area contributed by atoms with Gasteiger partial charge in [0, 0.05) is 11.7 Å². The van der Waals surface area contributed by atoms with Crippen LogP contribution in [0, 0.1) is 6.92 Å². The van der Waals surface area contributed by atoms with Crippen LogP contribution in [0.2, 0.25) is 0 Å². The van der Waals surface area contributed by atoms with Gasteiger partial charge in [0.15, 0.2) is 11.5 Å². The molecule has 1 unspecified atom stereocenters.